The van der Waals surface area contributed by atoms with Crippen LogP contribution in [-0.2, 0) is 4.74 Å². The van der Waals surface area contributed by atoms with E-state index in [4.69, 9.17) is 32.4 Å². The Hall–Kier alpha value is -3.75. The Kier molecular flexibility index (Phi) is 6.48. The quantitative estimate of drug-likeness (QED) is 0.508. The number of anilines is 3. The monoisotopic (exact) mass is 497 g/mol. The third-order valence-electron chi connectivity index (χ3n) is 5.98. The maximum Gasteiger partial charge on any atom is 0.256 e. The number of benzene rings is 1. The van der Waals surface area contributed by atoms with Gasteiger partial charge < -0.3 is 24.4 Å². The van der Waals surface area contributed by atoms with Gasteiger partial charge in [-0.05, 0) is 12.1 Å². The molecule has 12 heteroatoms. The first-order valence-corrected chi connectivity index (χ1v) is 11.2. The van der Waals surface area contributed by atoms with E-state index in [2.05, 4.69) is 35.0 Å². The Morgan fingerprint density at radius 1 is 1.17 bits per heavy atom. The number of nitrogens with one attached hydrogen (secondary N) is 1. The van der Waals surface area contributed by atoms with Gasteiger partial charge in [-0.25, -0.2) is 19.8 Å². The number of fused-ring (bicyclic) bond motifs is 2. The zero-order valence-electron chi connectivity index (χ0n) is 18.7. The topological polar surface area (TPSA) is 98.9 Å². The van der Waals surface area contributed by atoms with E-state index in [1.807, 2.05) is 0 Å². The minimum absolute atomic E-state index is 0.0328. The first-order valence-electron chi connectivity index (χ1n) is 10.9. The van der Waals surface area contributed by atoms with Gasteiger partial charge in [0, 0.05) is 24.9 Å². The van der Waals surface area contributed by atoms with Crippen LogP contribution in [0, 0.1) is 24.2 Å². The molecule has 2 aliphatic rings. The van der Waals surface area contributed by atoms with Crippen LogP contribution in [0.3, 0.4) is 0 Å². The van der Waals surface area contributed by atoms with Crippen LogP contribution < -0.4 is 19.7 Å². The summed E-state index contributed by atoms with van der Waals surface area (Å²) in [6.45, 7) is 9.19. The molecule has 1 N–H and O–H groups in total. The van der Waals surface area contributed by atoms with E-state index in [1.165, 1.54) is 12.4 Å². The molecule has 180 valence electrons. The van der Waals surface area contributed by atoms with E-state index < -0.39 is 5.82 Å². The van der Waals surface area contributed by atoms with Gasteiger partial charge in [-0.1, -0.05) is 17.7 Å². The molecule has 0 spiro atoms. The average Bonchev–Trinajstić information content (AvgIpc) is 2.87. The van der Waals surface area contributed by atoms with Crippen molar-refractivity contribution in [1.29, 1.82) is 0 Å². The van der Waals surface area contributed by atoms with Crippen molar-refractivity contribution in [2.24, 2.45) is 11.8 Å². The van der Waals surface area contributed by atoms with Crippen LogP contribution in [0.1, 0.15) is 0 Å². The number of halogens is 2. The predicted octanol–water partition coefficient (Wildman–Crippen LogP) is 3.89. The minimum Gasteiger partial charge on any atom is -0.494 e. The standard InChI is InChI=1S/C23H21ClFN7O3/c1-26-15-3-4-18(17(24)5-15)31-21-19(25)22(30-12-29-21)35-20-13-8-32(9-14(20)11-34-10-13)23-27-6-16(33-2)7-28-23/h3-7,12-14,20H,8-11H2,2H3,(H,29,30,31). The molecule has 2 unspecified atom stereocenters. The number of piperidine rings is 1. The maximum absolute atomic E-state index is 15.3. The molecule has 10 nitrogen and oxygen atoms in total. The highest BCUT2D eigenvalue weighted by Gasteiger charge is 2.43. The van der Waals surface area contributed by atoms with E-state index in [0.717, 1.165) is 0 Å². The molecule has 2 fully saturated rings. The van der Waals surface area contributed by atoms with Gasteiger partial charge in [0.05, 0.1) is 50.0 Å². The Morgan fingerprint density at radius 2 is 1.91 bits per heavy atom. The molecule has 0 aliphatic carbocycles. The van der Waals surface area contributed by atoms with Crippen LogP contribution in [0.5, 0.6) is 11.6 Å². The Balaban J connectivity index is 1.32. The van der Waals surface area contributed by atoms with Crippen molar-refractivity contribution in [2.45, 2.75) is 6.10 Å². The molecule has 5 rings (SSSR count). The van der Waals surface area contributed by atoms with Crippen LogP contribution >= 0.6 is 11.6 Å². The number of hydrogen-bond donors (Lipinski definition) is 1. The van der Waals surface area contributed by atoms with Gasteiger partial charge in [-0.3, -0.25) is 0 Å². The molecule has 35 heavy (non-hydrogen) atoms. The molecule has 2 aliphatic heterocycles. The van der Waals surface area contributed by atoms with Gasteiger partial charge in [-0.2, -0.15) is 9.37 Å². The number of hydrogen-bond acceptors (Lipinski definition) is 9. The summed E-state index contributed by atoms with van der Waals surface area (Å²) in [4.78, 5) is 22.2. The number of rotatable bonds is 6. The number of methoxy groups -OCH3 is 1. The van der Waals surface area contributed by atoms with E-state index >= 15 is 4.39 Å². The highest BCUT2D eigenvalue weighted by molar-refractivity contribution is 6.33. The molecular formula is C23H21ClFN7O3. The third kappa shape index (κ3) is 4.76. The predicted molar refractivity (Wildman–Crippen MR) is 126 cm³/mol. The summed E-state index contributed by atoms with van der Waals surface area (Å²) in [6.07, 6.45) is 4.19. The third-order valence-corrected chi connectivity index (χ3v) is 6.29. The number of nitrogens with zero attached hydrogens (tertiary/aromatic N) is 6. The number of ether oxygens (including phenoxy) is 3. The lowest BCUT2D eigenvalue weighted by molar-refractivity contribution is -0.0780. The zero-order valence-corrected chi connectivity index (χ0v) is 19.4. The molecule has 2 atom stereocenters. The first kappa shape index (κ1) is 23.0. The summed E-state index contributed by atoms with van der Waals surface area (Å²) >= 11 is 6.21. The second-order valence-corrected chi connectivity index (χ2v) is 8.62. The fourth-order valence-corrected chi connectivity index (χ4v) is 4.51. The molecule has 2 saturated heterocycles. The Morgan fingerprint density at radius 3 is 2.57 bits per heavy atom. The SMILES string of the molecule is [C-]#[N+]c1ccc(Nc2ncnc(OC3C4COCC3CN(c3ncc(OC)cn3)C4)c2F)c(Cl)c1. The molecule has 2 aromatic heterocycles. The van der Waals surface area contributed by atoms with Crippen molar-refractivity contribution >= 4 is 34.7 Å². The normalized spacial score (nSPS) is 21.2. The Labute approximate surface area is 205 Å². The van der Waals surface area contributed by atoms with Crippen molar-refractivity contribution in [1.82, 2.24) is 19.9 Å². The summed E-state index contributed by atoms with van der Waals surface area (Å²) in [5.41, 5.74) is 0.800. The lowest BCUT2D eigenvalue weighted by Gasteiger charge is -2.46. The number of aromatic nitrogens is 4. The van der Waals surface area contributed by atoms with Crippen LogP contribution in [0.2, 0.25) is 5.02 Å². The van der Waals surface area contributed by atoms with E-state index in [-0.39, 0.29) is 34.7 Å². The maximum atomic E-state index is 15.3. The zero-order chi connectivity index (χ0) is 24.4. The first-order chi connectivity index (χ1) is 17.1. The molecule has 1 aromatic carbocycles. The minimum atomic E-state index is -0.724. The van der Waals surface area contributed by atoms with Gasteiger partial charge >= 0.3 is 0 Å². The van der Waals surface area contributed by atoms with E-state index in [9.17, 15) is 0 Å². The lowest BCUT2D eigenvalue weighted by Crippen LogP contribution is -2.58. The van der Waals surface area contributed by atoms with Crippen molar-refractivity contribution in [2.75, 3.05) is 43.6 Å². The van der Waals surface area contributed by atoms with Gasteiger partial charge in [-0.15, -0.1) is 0 Å². The summed E-state index contributed by atoms with van der Waals surface area (Å²) in [5, 5.41) is 3.13. The van der Waals surface area contributed by atoms with Gasteiger partial charge in [0.1, 0.15) is 12.4 Å². The highest BCUT2D eigenvalue weighted by atomic mass is 35.5. The van der Waals surface area contributed by atoms with Gasteiger partial charge in [0.15, 0.2) is 17.3 Å². The lowest BCUT2D eigenvalue weighted by atomic mass is 9.84. The molecular weight excluding hydrogens is 477 g/mol. The van der Waals surface area contributed by atoms with E-state index in [0.29, 0.717) is 49.4 Å². The highest BCUT2D eigenvalue weighted by Crippen LogP contribution is 2.35. The van der Waals surface area contributed by atoms with Crippen molar-refractivity contribution in [3.8, 4) is 11.6 Å². The summed E-state index contributed by atoms with van der Waals surface area (Å²) in [7, 11) is 1.57. The fraction of sp³-hybridized carbons (Fsp3) is 0.348. The Bertz CT molecular complexity index is 1240. The van der Waals surface area contributed by atoms with Crippen molar-refractivity contribution < 1.29 is 18.6 Å². The molecule has 3 aromatic rings. The smallest absolute Gasteiger partial charge is 0.256 e. The summed E-state index contributed by atoms with van der Waals surface area (Å²) < 4.78 is 32.3. The molecule has 4 heterocycles. The largest absolute Gasteiger partial charge is 0.494 e. The van der Waals surface area contributed by atoms with Crippen LogP contribution in [-0.4, -0.2) is 59.5 Å². The van der Waals surface area contributed by atoms with Gasteiger partial charge in [0.25, 0.3) is 5.88 Å². The van der Waals surface area contributed by atoms with Crippen LogP contribution in [0.4, 0.5) is 27.5 Å². The van der Waals surface area contributed by atoms with Crippen LogP contribution in [0.25, 0.3) is 4.85 Å². The summed E-state index contributed by atoms with van der Waals surface area (Å²) in [5.74, 6) is 0.178. The molecule has 2 bridgehead atoms. The molecule has 0 saturated carbocycles. The van der Waals surface area contributed by atoms with Crippen molar-refractivity contribution in [3.63, 3.8) is 0 Å². The van der Waals surface area contributed by atoms with Crippen LogP contribution in [0.15, 0.2) is 36.9 Å². The average molecular weight is 498 g/mol. The second-order valence-electron chi connectivity index (χ2n) is 8.21. The molecule has 0 amide bonds. The summed E-state index contributed by atoms with van der Waals surface area (Å²) in [6, 6.07) is 4.67. The van der Waals surface area contributed by atoms with Crippen molar-refractivity contribution in [3.05, 3.63) is 59.2 Å². The van der Waals surface area contributed by atoms with E-state index in [1.54, 1.807) is 31.6 Å². The van der Waals surface area contributed by atoms with Gasteiger partial charge in [0.2, 0.25) is 11.8 Å². The molecule has 0 radical (unpaired) electrons. The fourth-order valence-electron chi connectivity index (χ4n) is 4.29. The second kappa shape index (κ2) is 9.85.